The lowest BCUT2D eigenvalue weighted by Crippen LogP contribution is -2.75. The van der Waals surface area contributed by atoms with E-state index in [4.69, 9.17) is 70.3 Å². The van der Waals surface area contributed by atoms with Gasteiger partial charge in [0.25, 0.3) is 0 Å². The first-order valence-electron chi connectivity index (χ1n) is 20.1. The molecule has 0 bridgehead atoms. The van der Waals surface area contributed by atoms with E-state index in [9.17, 15) is 4.80 Å². The highest BCUT2D eigenvalue weighted by Crippen LogP contribution is 2.41. The maximum Gasteiger partial charge on any atom is 0.481 e. The molecule has 0 spiro atoms. The van der Waals surface area contributed by atoms with Gasteiger partial charge in [-0.3, -0.25) is 0 Å². The molecule has 0 aromatic heterocycles. The van der Waals surface area contributed by atoms with Gasteiger partial charge in [0.15, 0.2) is 9.04 Å². The maximum absolute atomic E-state index is 11.0. The van der Waals surface area contributed by atoms with Crippen LogP contribution in [0.4, 0.5) is 0 Å². The molecule has 3 saturated heterocycles. The molecule has 3 heterocycles. The van der Waals surface area contributed by atoms with Crippen LogP contribution in [0.3, 0.4) is 0 Å². The molecule has 32 heteroatoms. The lowest BCUT2D eigenvalue weighted by molar-refractivity contribution is 0.0774. The Hall–Kier alpha value is 2.32. The van der Waals surface area contributed by atoms with E-state index in [0.717, 1.165) is 6.04 Å². The van der Waals surface area contributed by atoms with Gasteiger partial charge in [-0.2, -0.15) is 0 Å². The first-order valence-corrected chi connectivity index (χ1v) is 53.9. The van der Waals surface area contributed by atoms with Crippen LogP contribution < -0.4 is 0 Å². The minimum Gasteiger partial charge on any atom is -0.416 e. The van der Waals surface area contributed by atoms with Gasteiger partial charge in [0.1, 0.15) is 0 Å². The summed E-state index contributed by atoms with van der Waals surface area (Å²) in [7, 11) is -43.6. The van der Waals surface area contributed by atoms with E-state index in [1.165, 1.54) is 0 Å². The third-order valence-electron chi connectivity index (χ3n) is 9.25. The molecule has 3 rings (SSSR count). The molecule has 0 saturated carbocycles. The molecule has 8 atom stereocenters. The van der Waals surface area contributed by atoms with E-state index in [2.05, 4.69) is 13.5 Å². The monoisotopic (exact) mass is 1070 g/mol. The van der Waals surface area contributed by atoms with Gasteiger partial charge in [-0.15, -0.1) is 0 Å². The summed E-state index contributed by atoms with van der Waals surface area (Å²) in [5, 5.41) is 0. The second-order valence-corrected chi connectivity index (χ2v) is 62.7. The van der Waals surface area contributed by atoms with E-state index < -0.39 is 122 Å². The second kappa shape index (κ2) is 18.5. The third kappa shape index (κ3) is 15.5. The van der Waals surface area contributed by atoms with Crippen LogP contribution in [-0.2, 0) is 70.3 Å². The average molecular weight is 1070 g/mol. The standard InChI is InChI=1S/C26H75O18Si14/c1-23-45(6)29-53(17)38-50(14,25-3)37-52(16,28-5)41-58(22,42-53)44-57(21)35-48(11,12)34-56(20,39-51(15,26-4)40-57)43-55(19)32-46(7,8)30-54(18,31-47(9,10)33-55)36-49(13,27)24-2/h27H,23-26H2,1-22H3. The first-order chi connectivity index (χ1) is 25.8. The lowest BCUT2D eigenvalue weighted by Gasteiger charge is -2.53. The zero-order chi connectivity index (χ0) is 44.9. The highest BCUT2D eigenvalue weighted by Gasteiger charge is 2.68. The van der Waals surface area contributed by atoms with Crippen molar-refractivity contribution in [3.8, 4) is 0 Å². The van der Waals surface area contributed by atoms with E-state index in [-0.39, 0.29) is 0 Å². The molecule has 58 heavy (non-hydrogen) atoms. The van der Waals surface area contributed by atoms with Crippen molar-refractivity contribution in [1.82, 2.24) is 0 Å². The predicted octanol–water partition coefficient (Wildman–Crippen LogP) is 6.93. The van der Waals surface area contributed by atoms with Crippen LogP contribution in [0.1, 0.15) is 27.7 Å². The first kappa shape index (κ1) is 54.6. The van der Waals surface area contributed by atoms with E-state index in [0.29, 0.717) is 18.1 Å². The van der Waals surface area contributed by atoms with Crippen LogP contribution in [0.2, 0.25) is 135 Å². The fourth-order valence-corrected chi connectivity index (χ4v) is 74.9. The van der Waals surface area contributed by atoms with E-state index in [1.807, 2.05) is 106 Å². The van der Waals surface area contributed by atoms with Crippen molar-refractivity contribution in [2.24, 2.45) is 0 Å². The third-order valence-corrected chi connectivity index (χ3v) is 66.4. The zero-order valence-electron chi connectivity index (χ0n) is 39.2. The zero-order valence-corrected chi connectivity index (χ0v) is 53.2. The summed E-state index contributed by atoms with van der Waals surface area (Å²) in [6.07, 6.45) is 0. The fraction of sp³-hybridized carbons (Fsp3) is 1.00. The smallest absolute Gasteiger partial charge is 0.416 e. The fourth-order valence-electron chi connectivity index (χ4n) is 7.33. The van der Waals surface area contributed by atoms with Gasteiger partial charge < -0.3 is 75.1 Å². The minimum absolute atomic E-state index is 0.478. The molecule has 18 nitrogen and oxygen atoms in total. The summed E-state index contributed by atoms with van der Waals surface area (Å²) in [6, 6.07) is 2.47. The van der Waals surface area contributed by atoms with Crippen molar-refractivity contribution in [2.75, 3.05) is 7.11 Å². The average Bonchev–Trinajstić information content (AvgIpc) is 2.94. The Bertz CT molecular complexity index is 1410. The van der Waals surface area contributed by atoms with Crippen LogP contribution in [-0.4, -0.2) is 134 Å². The molecule has 1 N–H and O–H groups in total. The summed E-state index contributed by atoms with van der Waals surface area (Å²) in [4.78, 5) is 11.0. The molecule has 0 aromatic rings. The van der Waals surface area contributed by atoms with Gasteiger partial charge in [0.2, 0.25) is 0 Å². The van der Waals surface area contributed by atoms with Gasteiger partial charge in [0.05, 0.1) is 0 Å². The van der Waals surface area contributed by atoms with E-state index in [1.54, 1.807) is 26.8 Å². The van der Waals surface area contributed by atoms with Crippen LogP contribution in [0.25, 0.3) is 0 Å². The Morgan fingerprint density at radius 2 is 0.776 bits per heavy atom. The second-order valence-electron chi connectivity index (χ2n) is 17.6. The topological polar surface area (TPSA) is 177 Å². The Balaban J connectivity index is 2.03. The summed E-state index contributed by atoms with van der Waals surface area (Å²) in [5.41, 5.74) is 0. The summed E-state index contributed by atoms with van der Waals surface area (Å²) in [6.45, 7) is 40.0. The molecule has 3 fully saturated rings. The Morgan fingerprint density at radius 3 is 1.12 bits per heavy atom. The molecular weight excluding hydrogens is 993 g/mol. The predicted molar refractivity (Wildman–Crippen MR) is 249 cm³/mol. The molecule has 3 aliphatic rings. The number of hydrogen-bond acceptors (Lipinski definition) is 18. The molecule has 3 aliphatic heterocycles. The number of rotatable bonds is 13. The maximum atomic E-state index is 11.0. The van der Waals surface area contributed by atoms with Gasteiger partial charge in [-0.25, -0.2) is 0 Å². The minimum atomic E-state index is -3.84. The lowest BCUT2D eigenvalue weighted by atomic mass is 11.0. The molecular formula is C26H75O18Si14. The summed E-state index contributed by atoms with van der Waals surface area (Å²) < 4.78 is 116. The van der Waals surface area contributed by atoms with Crippen molar-refractivity contribution in [3.63, 3.8) is 0 Å². The Kier molecular flexibility index (Phi) is 17.5. The van der Waals surface area contributed by atoms with Gasteiger partial charge in [0, 0.05) is 52.9 Å². The van der Waals surface area contributed by atoms with E-state index >= 15 is 0 Å². The largest absolute Gasteiger partial charge is 0.481 e. The quantitative estimate of drug-likeness (QED) is 0.188. The molecule has 343 valence electrons. The van der Waals surface area contributed by atoms with Crippen LogP contribution in [0.5, 0.6) is 0 Å². The Labute approximate surface area is 365 Å². The normalized spacial score (nSPS) is 44.9. The highest BCUT2D eigenvalue weighted by molar-refractivity contribution is 6.98. The van der Waals surface area contributed by atoms with Gasteiger partial charge in [-0.05, 0) is 89.6 Å². The van der Waals surface area contributed by atoms with Crippen molar-refractivity contribution < 1.29 is 75.1 Å². The number of hydrogen-bond donors (Lipinski definition) is 1. The van der Waals surface area contributed by atoms with Crippen molar-refractivity contribution >= 4 is 122 Å². The van der Waals surface area contributed by atoms with Crippen LogP contribution in [0, 0.1) is 0 Å². The molecule has 0 aromatic carbocycles. The SMILES string of the molecule is CC[Si](C)O[Si]1(C)O[Si](C)(CC)O[Si](C)(OC)O[Si](C)(O[Si]2(C)O[Si](C)(C)O[Si](C)(O[Si]3(C)O[Si](C)(C)O[Si](C)(O[Si](C)(O)CC)O[Si](C)(C)O3)O[Si](C)(CC)O2)O1. The summed E-state index contributed by atoms with van der Waals surface area (Å²) in [5.74, 6) is 0. The van der Waals surface area contributed by atoms with Gasteiger partial charge >= 0.3 is 113 Å². The van der Waals surface area contributed by atoms with Crippen LogP contribution >= 0.6 is 0 Å². The highest BCUT2D eigenvalue weighted by atomic mass is 28.6. The van der Waals surface area contributed by atoms with Crippen molar-refractivity contribution in [3.05, 3.63) is 0 Å². The molecule has 1 radical (unpaired) electrons. The summed E-state index contributed by atoms with van der Waals surface area (Å²) >= 11 is 0. The Morgan fingerprint density at radius 1 is 0.466 bits per heavy atom. The van der Waals surface area contributed by atoms with Gasteiger partial charge in [-0.1, -0.05) is 27.7 Å². The van der Waals surface area contributed by atoms with Crippen molar-refractivity contribution in [1.29, 1.82) is 0 Å². The van der Waals surface area contributed by atoms with Crippen molar-refractivity contribution in [2.45, 2.75) is 163 Å². The molecule has 0 aliphatic carbocycles. The molecule has 8 unspecified atom stereocenters. The molecule has 0 amide bonds. The van der Waals surface area contributed by atoms with Crippen LogP contribution in [0.15, 0.2) is 0 Å².